The number of rotatable bonds is 2. The van der Waals surface area contributed by atoms with Crippen molar-refractivity contribution in [2.24, 2.45) is 0 Å². The standard InChI is InChI=1S/C6H8ClFN2O2S/c1-3-10-6(8)5(4(2)9-10)13(7,11)12/h3H2,1-2H3. The van der Waals surface area contributed by atoms with Gasteiger partial charge in [-0.1, -0.05) is 0 Å². The van der Waals surface area contributed by atoms with Gasteiger partial charge in [0, 0.05) is 17.2 Å². The van der Waals surface area contributed by atoms with Crippen molar-refractivity contribution in [1.29, 1.82) is 0 Å². The Kier molecular flexibility index (Phi) is 2.63. The molecule has 0 saturated carbocycles. The highest BCUT2D eigenvalue weighted by Crippen LogP contribution is 2.22. The van der Waals surface area contributed by atoms with E-state index < -0.39 is 19.9 Å². The second-order valence-corrected chi connectivity index (χ2v) is 4.96. The van der Waals surface area contributed by atoms with E-state index in [4.69, 9.17) is 10.7 Å². The molecule has 1 rings (SSSR count). The van der Waals surface area contributed by atoms with Gasteiger partial charge in [0.15, 0.2) is 4.90 Å². The molecule has 0 aliphatic heterocycles. The van der Waals surface area contributed by atoms with Gasteiger partial charge in [-0.3, -0.25) is 0 Å². The van der Waals surface area contributed by atoms with Gasteiger partial charge < -0.3 is 0 Å². The van der Waals surface area contributed by atoms with Crippen molar-refractivity contribution >= 4 is 19.7 Å². The Labute approximate surface area is 79.7 Å². The second kappa shape index (κ2) is 3.26. The molecule has 0 atom stereocenters. The van der Waals surface area contributed by atoms with Gasteiger partial charge >= 0.3 is 0 Å². The molecule has 0 saturated heterocycles. The minimum Gasteiger partial charge on any atom is -0.238 e. The van der Waals surface area contributed by atoms with Crippen LogP contribution in [0, 0.1) is 12.9 Å². The number of hydrogen-bond donors (Lipinski definition) is 0. The Morgan fingerprint density at radius 3 is 2.38 bits per heavy atom. The Bertz CT molecular complexity index is 426. The number of aromatic nitrogens is 2. The first-order valence-electron chi connectivity index (χ1n) is 3.55. The van der Waals surface area contributed by atoms with E-state index in [1.807, 2.05) is 0 Å². The normalized spacial score (nSPS) is 12.0. The zero-order valence-electron chi connectivity index (χ0n) is 7.08. The highest BCUT2D eigenvalue weighted by Gasteiger charge is 2.24. The zero-order valence-corrected chi connectivity index (χ0v) is 8.65. The highest BCUT2D eigenvalue weighted by molar-refractivity contribution is 8.13. The summed E-state index contributed by atoms with van der Waals surface area (Å²) >= 11 is 0. The lowest BCUT2D eigenvalue weighted by Gasteiger charge is -1.94. The Morgan fingerprint density at radius 2 is 2.15 bits per heavy atom. The molecular formula is C6H8ClFN2O2S. The molecule has 0 aromatic carbocycles. The summed E-state index contributed by atoms with van der Waals surface area (Å²) in [5, 5.41) is 3.67. The largest absolute Gasteiger partial charge is 0.267 e. The third-order valence-electron chi connectivity index (χ3n) is 1.56. The van der Waals surface area contributed by atoms with Crippen molar-refractivity contribution in [3.05, 3.63) is 11.6 Å². The van der Waals surface area contributed by atoms with Crippen LogP contribution in [0.25, 0.3) is 0 Å². The SMILES string of the molecule is CCn1nc(C)c(S(=O)(=O)Cl)c1F. The molecular weight excluding hydrogens is 219 g/mol. The van der Waals surface area contributed by atoms with Crippen molar-refractivity contribution in [1.82, 2.24) is 9.78 Å². The fourth-order valence-corrected chi connectivity index (χ4v) is 2.25. The molecule has 0 aliphatic rings. The van der Waals surface area contributed by atoms with E-state index >= 15 is 0 Å². The Morgan fingerprint density at radius 1 is 1.62 bits per heavy atom. The van der Waals surface area contributed by atoms with E-state index in [0.717, 1.165) is 4.68 Å². The maximum Gasteiger partial charge on any atom is 0.267 e. The fourth-order valence-electron chi connectivity index (χ4n) is 1.02. The summed E-state index contributed by atoms with van der Waals surface area (Å²) < 4.78 is 35.9. The Balaban J connectivity index is 3.47. The van der Waals surface area contributed by atoms with E-state index in [-0.39, 0.29) is 12.2 Å². The van der Waals surface area contributed by atoms with Crippen LogP contribution in [-0.4, -0.2) is 18.2 Å². The third-order valence-corrected chi connectivity index (χ3v) is 2.97. The van der Waals surface area contributed by atoms with E-state index in [1.54, 1.807) is 6.92 Å². The lowest BCUT2D eigenvalue weighted by Crippen LogP contribution is -2.01. The minimum atomic E-state index is -4.04. The molecule has 0 unspecified atom stereocenters. The first kappa shape index (κ1) is 10.5. The quantitative estimate of drug-likeness (QED) is 0.714. The van der Waals surface area contributed by atoms with Crippen molar-refractivity contribution < 1.29 is 12.8 Å². The molecule has 4 nitrogen and oxygen atoms in total. The molecule has 0 radical (unpaired) electrons. The predicted molar refractivity (Wildman–Crippen MR) is 45.6 cm³/mol. The van der Waals surface area contributed by atoms with E-state index in [1.165, 1.54) is 6.92 Å². The van der Waals surface area contributed by atoms with Crippen molar-refractivity contribution in [3.63, 3.8) is 0 Å². The molecule has 13 heavy (non-hydrogen) atoms. The summed E-state index contributed by atoms with van der Waals surface area (Å²) in [7, 11) is 0.979. The number of halogens is 2. The van der Waals surface area contributed by atoms with Gasteiger partial charge in [-0.05, 0) is 13.8 Å². The summed E-state index contributed by atoms with van der Waals surface area (Å²) in [6.45, 7) is 3.31. The van der Waals surface area contributed by atoms with Crippen LogP contribution in [0.5, 0.6) is 0 Å². The van der Waals surface area contributed by atoms with Crippen molar-refractivity contribution in [2.45, 2.75) is 25.3 Å². The third kappa shape index (κ3) is 1.83. The molecule has 1 aromatic rings. The minimum absolute atomic E-state index is 0.0781. The second-order valence-electron chi connectivity index (χ2n) is 2.46. The maximum absolute atomic E-state index is 13.2. The summed E-state index contributed by atoms with van der Waals surface area (Å²) in [6, 6.07) is 0. The van der Waals surface area contributed by atoms with Crippen LogP contribution >= 0.6 is 10.7 Å². The van der Waals surface area contributed by atoms with E-state index in [0.29, 0.717) is 0 Å². The molecule has 0 aliphatic carbocycles. The van der Waals surface area contributed by atoms with Gasteiger partial charge in [-0.15, -0.1) is 0 Å². The van der Waals surface area contributed by atoms with Crippen LogP contribution in [0.3, 0.4) is 0 Å². The van der Waals surface area contributed by atoms with Crippen LogP contribution in [0.1, 0.15) is 12.6 Å². The molecule has 0 amide bonds. The maximum atomic E-state index is 13.2. The summed E-state index contributed by atoms with van der Waals surface area (Å²) in [6.07, 6.45) is 0. The smallest absolute Gasteiger partial charge is 0.238 e. The fraction of sp³-hybridized carbons (Fsp3) is 0.500. The van der Waals surface area contributed by atoms with Crippen LogP contribution in [0.15, 0.2) is 4.90 Å². The topological polar surface area (TPSA) is 52.0 Å². The lowest BCUT2D eigenvalue weighted by atomic mass is 10.5. The first-order valence-corrected chi connectivity index (χ1v) is 5.86. The summed E-state index contributed by atoms with van der Waals surface area (Å²) in [4.78, 5) is -0.531. The zero-order chi connectivity index (χ0) is 10.2. The van der Waals surface area contributed by atoms with Gasteiger partial charge in [0.2, 0.25) is 5.95 Å². The Hall–Kier alpha value is -0.620. The van der Waals surface area contributed by atoms with Gasteiger partial charge in [0.1, 0.15) is 0 Å². The molecule has 0 N–H and O–H groups in total. The molecule has 0 bridgehead atoms. The number of nitrogens with zero attached hydrogens (tertiary/aromatic N) is 2. The predicted octanol–water partition coefficient (Wildman–Crippen LogP) is 1.28. The molecule has 0 spiro atoms. The number of aryl methyl sites for hydroxylation is 2. The first-order chi connectivity index (χ1) is 5.88. The van der Waals surface area contributed by atoms with Crippen molar-refractivity contribution in [2.75, 3.05) is 0 Å². The monoisotopic (exact) mass is 226 g/mol. The van der Waals surface area contributed by atoms with Crippen molar-refractivity contribution in [3.8, 4) is 0 Å². The lowest BCUT2D eigenvalue weighted by molar-refractivity contribution is 0.455. The van der Waals surface area contributed by atoms with Gasteiger partial charge in [-0.2, -0.15) is 9.49 Å². The highest BCUT2D eigenvalue weighted by atomic mass is 35.7. The van der Waals surface area contributed by atoms with Crippen LogP contribution < -0.4 is 0 Å². The van der Waals surface area contributed by atoms with E-state index in [2.05, 4.69) is 5.10 Å². The van der Waals surface area contributed by atoms with Gasteiger partial charge in [-0.25, -0.2) is 13.1 Å². The number of hydrogen-bond acceptors (Lipinski definition) is 3. The summed E-state index contributed by atoms with van der Waals surface area (Å²) in [5.41, 5.74) is 0.0781. The van der Waals surface area contributed by atoms with Gasteiger partial charge in [0.05, 0.1) is 5.69 Å². The average Bonchev–Trinajstić information content (AvgIpc) is 2.24. The molecule has 1 heterocycles. The van der Waals surface area contributed by atoms with E-state index in [9.17, 15) is 12.8 Å². The molecule has 0 fully saturated rings. The van der Waals surface area contributed by atoms with Gasteiger partial charge in [0.25, 0.3) is 9.05 Å². The molecule has 74 valence electrons. The van der Waals surface area contributed by atoms with Crippen LogP contribution in [-0.2, 0) is 15.6 Å². The molecule has 7 heteroatoms. The molecule has 1 aromatic heterocycles. The van der Waals surface area contributed by atoms with Crippen LogP contribution in [0.2, 0.25) is 0 Å². The van der Waals surface area contributed by atoms with Crippen LogP contribution in [0.4, 0.5) is 4.39 Å². The average molecular weight is 227 g/mol. The summed E-state index contributed by atoms with van der Waals surface area (Å²) in [5.74, 6) is -0.907.